The van der Waals surface area contributed by atoms with Crippen LogP contribution >= 0.6 is 0 Å². The molecule has 0 radical (unpaired) electrons. The normalized spacial score (nSPS) is 17.9. The Bertz CT molecular complexity index is 652. The highest BCUT2D eigenvalue weighted by molar-refractivity contribution is 6.24. The molecule has 0 saturated heterocycles. The number of hydrogen-bond donors (Lipinski definition) is 2. The van der Waals surface area contributed by atoms with Crippen LogP contribution < -0.4 is 5.73 Å². The summed E-state index contributed by atoms with van der Waals surface area (Å²) in [6.07, 6.45) is 1.50. The first kappa shape index (κ1) is 13.1. The Labute approximate surface area is 112 Å². The summed E-state index contributed by atoms with van der Waals surface area (Å²) in [6, 6.07) is 4.97. The van der Waals surface area contributed by atoms with Crippen molar-refractivity contribution >= 4 is 17.2 Å². The van der Waals surface area contributed by atoms with Gasteiger partial charge in [-0.2, -0.15) is 0 Å². The number of phenols is 1. The van der Waals surface area contributed by atoms with Crippen molar-refractivity contribution < 1.29 is 9.90 Å². The average molecular weight is 256 g/mol. The quantitative estimate of drug-likeness (QED) is 0.758. The molecule has 4 heteroatoms. The Balaban J connectivity index is 2.54. The smallest absolute Gasteiger partial charge is 0.202 e. The number of carbonyl (C=O) groups is 1. The van der Waals surface area contributed by atoms with Gasteiger partial charge in [0.25, 0.3) is 0 Å². The molecule has 1 aromatic carbocycles. The van der Waals surface area contributed by atoms with Crippen LogP contribution in [0.1, 0.15) is 19.4 Å². The van der Waals surface area contributed by atoms with Crippen LogP contribution in [-0.4, -0.2) is 16.6 Å². The van der Waals surface area contributed by atoms with Crippen LogP contribution in [0.3, 0.4) is 0 Å². The second kappa shape index (κ2) is 4.72. The van der Waals surface area contributed by atoms with E-state index in [9.17, 15) is 9.90 Å². The zero-order valence-corrected chi connectivity index (χ0v) is 11.2. The monoisotopic (exact) mass is 256 g/mol. The minimum absolute atomic E-state index is 0.170. The lowest BCUT2D eigenvalue weighted by molar-refractivity contribution is -0.111. The third kappa shape index (κ3) is 2.42. The van der Waals surface area contributed by atoms with Gasteiger partial charge >= 0.3 is 0 Å². The Morgan fingerprint density at radius 1 is 1.21 bits per heavy atom. The van der Waals surface area contributed by atoms with Crippen LogP contribution in [0.4, 0.5) is 5.69 Å². The van der Waals surface area contributed by atoms with E-state index in [4.69, 9.17) is 5.73 Å². The number of carbonyl (C=O) groups excluding carboxylic acids is 1. The average Bonchev–Trinajstić information content (AvgIpc) is 2.34. The summed E-state index contributed by atoms with van der Waals surface area (Å²) in [5.74, 6) is 0.0377. The molecule has 4 nitrogen and oxygen atoms in total. The number of aromatic hydroxyl groups is 1. The number of nitrogens with zero attached hydrogens (tertiary/aromatic N) is 1. The van der Waals surface area contributed by atoms with E-state index < -0.39 is 0 Å². The van der Waals surface area contributed by atoms with Gasteiger partial charge in [-0.25, -0.2) is 4.99 Å². The molecule has 0 saturated carbocycles. The van der Waals surface area contributed by atoms with E-state index in [2.05, 4.69) is 4.99 Å². The largest absolute Gasteiger partial charge is 0.508 e. The molecule has 19 heavy (non-hydrogen) atoms. The fourth-order valence-electron chi connectivity index (χ4n) is 2.01. The van der Waals surface area contributed by atoms with Crippen LogP contribution in [0.5, 0.6) is 5.75 Å². The summed E-state index contributed by atoms with van der Waals surface area (Å²) >= 11 is 0. The predicted octanol–water partition coefficient (Wildman–Crippen LogP) is 2.53. The van der Waals surface area contributed by atoms with E-state index in [0.29, 0.717) is 11.3 Å². The first-order chi connectivity index (χ1) is 8.90. The maximum Gasteiger partial charge on any atom is 0.202 e. The molecule has 98 valence electrons. The van der Waals surface area contributed by atoms with Gasteiger partial charge in [0, 0.05) is 5.57 Å². The van der Waals surface area contributed by atoms with Crippen molar-refractivity contribution in [2.24, 2.45) is 10.7 Å². The third-order valence-electron chi connectivity index (χ3n) is 3.16. The molecule has 0 fully saturated rings. The second-order valence-electron chi connectivity index (χ2n) is 4.66. The topological polar surface area (TPSA) is 75.7 Å². The highest BCUT2D eigenvalue weighted by Gasteiger charge is 2.19. The maximum absolute atomic E-state index is 11.6. The van der Waals surface area contributed by atoms with E-state index in [0.717, 1.165) is 16.8 Å². The van der Waals surface area contributed by atoms with Gasteiger partial charge in [0.05, 0.1) is 17.1 Å². The number of benzene rings is 1. The predicted molar refractivity (Wildman–Crippen MR) is 75.6 cm³/mol. The van der Waals surface area contributed by atoms with Crippen LogP contribution in [-0.2, 0) is 4.79 Å². The van der Waals surface area contributed by atoms with Crippen LogP contribution in [0.25, 0.3) is 0 Å². The summed E-state index contributed by atoms with van der Waals surface area (Å²) in [6.45, 7) is 5.50. The Morgan fingerprint density at radius 3 is 2.53 bits per heavy atom. The molecular weight excluding hydrogens is 240 g/mol. The zero-order valence-electron chi connectivity index (χ0n) is 11.2. The Morgan fingerprint density at radius 2 is 1.89 bits per heavy atom. The first-order valence-electron chi connectivity index (χ1n) is 5.98. The molecule has 0 heterocycles. The van der Waals surface area contributed by atoms with Gasteiger partial charge in [-0.1, -0.05) is 0 Å². The van der Waals surface area contributed by atoms with Crippen molar-refractivity contribution in [2.75, 3.05) is 0 Å². The number of rotatable bonds is 1. The minimum Gasteiger partial charge on any atom is -0.508 e. The number of aryl methyl sites for hydroxylation is 1. The zero-order chi connectivity index (χ0) is 14.2. The van der Waals surface area contributed by atoms with Gasteiger partial charge < -0.3 is 10.8 Å². The van der Waals surface area contributed by atoms with Crippen molar-refractivity contribution in [1.29, 1.82) is 0 Å². The number of ketones is 1. The standard InChI is InChI=1S/C15H16N2O2/c1-8-6-11(18)4-5-12(8)17-15-9(2)7-13(19)14(16)10(15)3/h4-7,18H,16H2,1-3H3. The van der Waals surface area contributed by atoms with Crippen LogP contribution in [0.15, 0.2) is 46.1 Å². The van der Waals surface area contributed by atoms with Gasteiger partial charge in [-0.05, 0) is 56.2 Å². The van der Waals surface area contributed by atoms with E-state index in [1.807, 2.05) is 13.8 Å². The number of phenolic OH excluding ortho intramolecular Hbond substituents is 1. The molecular formula is C15H16N2O2. The van der Waals surface area contributed by atoms with Gasteiger partial charge in [0.1, 0.15) is 5.75 Å². The first-order valence-corrected chi connectivity index (χ1v) is 5.98. The second-order valence-corrected chi connectivity index (χ2v) is 4.66. The molecule has 0 atom stereocenters. The highest BCUT2D eigenvalue weighted by Crippen LogP contribution is 2.26. The molecule has 0 unspecified atom stereocenters. The van der Waals surface area contributed by atoms with Gasteiger partial charge in [0.15, 0.2) is 0 Å². The molecule has 0 aliphatic heterocycles. The summed E-state index contributed by atoms with van der Waals surface area (Å²) in [7, 11) is 0. The molecule has 3 N–H and O–H groups in total. The molecule has 0 bridgehead atoms. The Kier molecular flexibility index (Phi) is 3.25. The van der Waals surface area contributed by atoms with Crippen LogP contribution in [0.2, 0.25) is 0 Å². The molecule has 0 spiro atoms. The lowest BCUT2D eigenvalue weighted by Gasteiger charge is -2.15. The van der Waals surface area contributed by atoms with Gasteiger partial charge in [0.2, 0.25) is 5.78 Å². The van der Waals surface area contributed by atoms with E-state index in [-0.39, 0.29) is 17.2 Å². The highest BCUT2D eigenvalue weighted by atomic mass is 16.3. The molecule has 1 aliphatic rings. The Hall–Kier alpha value is -2.36. The fraction of sp³-hybridized carbons (Fsp3) is 0.200. The molecule has 0 aromatic heterocycles. The number of allylic oxidation sites excluding steroid dienone is 3. The lowest BCUT2D eigenvalue weighted by Crippen LogP contribution is -2.21. The fourth-order valence-corrected chi connectivity index (χ4v) is 2.01. The van der Waals surface area contributed by atoms with Crippen molar-refractivity contribution in [3.63, 3.8) is 0 Å². The molecule has 0 amide bonds. The van der Waals surface area contributed by atoms with Gasteiger partial charge in [-0.15, -0.1) is 0 Å². The van der Waals surface area contributed by atoms with Crippen molar-refractivity contribution in [3.05, 3.63) is 46.7 Å². The lowest BCUT2D eigenvalue weighted by atomic mass is 9.94. The van der Waals surface area contributed by atoms with Crippen molar-refractivity contribution in [2.45, 2.75) is 20.8 Å². The molecule has 1 aromatic rings. The van der Waals surface area contributed by atoms with Gasteiger partial charge in [-0.3, -0.25) is 4.79 Å². The summed E-state index contributed by atoms with van der Waals surface area (Å²) in [4.78, 5) is 16.1. The number of aliphatic imine (C=N–C) groups is 1. The summed E-state index contributed by atoms with van der Waals surface area (Å²) in [5.41, 5.74) is 9.81. The SMILES string of the molecule is CC1=CC(=O)C(N)=C(C)C1=Nc1ccc(O)cc1C. The summed E-state index contributed by atoms with van der Waals surface area (Å²) in [5, 5.41) is 9.39. The molecule has 2 rings (SSSR count). The minimum atomic E-state index is -0.170. The van der Waals surface area contributed by atoms with E-state index in [1.165, 1.54) is 6.08 Å². The number of nitrogens with two attached hydrogens (primary N) is 1. The molecule has 1 aliphatic carbocycles. The third-order valence-corrected chi connectivity index (χ3v) is 3.16. The number of hydrogen-bond acceptors (Lipinski definition) is 4. The summed E-state index contributed by atoms with van der Waals surface area (Å²) < 4.78 is 0. The van der Waals surface area contributed by atoms with Crippen LogP contribution in [0, 0.1) is 6.92 Å². The van der Waals surface area contributed by atoms with E-state index >= 15 is 0 Å². The van der Waals surface area contributed by atoms with E-state index in [1.54, 1.807) is 25.1 Å². The van der Waals surface area contributed by atoms with Crippen molar-refractivity contribution in [1.82, 2.24) is 0 Å². The van der Waals surface area contributed by atoms with Crippen molar-refractivity contribution in [3.8, 4) is 5.75 Å². The maximum atomic E-state index is 11.6.